The first kappa shape index (κ1) is 29.9. The van der Waals surface area contributed by atoms with Crippen LogP contribution in [0.15, 0.2) is 18.2 Å². The van der Waals surface area contributed by atoms with Crippen LogP contribution in [-0.2, 0) is 16.3 Å². The number of sulfone groups is 1. The van der Waals surface area contributed by atoms with Gasteiger partial charge in [-0.1, -0.05) is 77.7 Å². The van der Waals surface area contributed by atoms with E-state index in [1.165, 1.54) is 68.9 Å². The van der Waals surface area contributed by atoms with Gasteiger partial charge in [-0.3, -0.25) is 0 Å². The first-order chi connectivity index (χ1) is 18.2. The van der Waals surface area contributed by atoms with Crippen LogP contribution >= 0.6 is 0 Å². The van der Waals surface area contributed by atoms with Gasteiger partial charge in [-0.25, -0.2) is 8.42 Å². The number of hydrogen-bond donors (Lipinski definition) is 2. The summed E-state index contributed by atoms with van der Waals surface area (Å²) in [6.07, 6.45) is 19.1. The molecule has 4 rings (SSSR count). The predicted octanol–water partition coefficient (Wildman–Crippen LogP) is 7.95. The number of aliphatic hydroxyl groups is 1. The van der Waals surface area contributed by atoms with Crippen molar-refractivity contribution in [2.75, 3.05) is 11.5 Å². The van der Waals surface area contributed by atoms with Gasteiger partial charge >= 0.3 is 0 Å². The molecular formula is C33H54O4S. The summed E-state index contributed by atoms with van der Waals surface area (Å²) >= 11 is 0. The van der Waals surface area contributed by atoms with Crippen LogP contribution in [0.1, 0.15) is 134 Å². The molecule has 0 amide bonds. The second-order valence-corrected chi connectivity index (χ2v) is 15.6. The number of aromatic hydroxyl groups is 1. The Balaban J connectivity index is 1.18. The van der Waals surface area contributed by atoms with Gasteiger partial charge in [0.1, 0.15) is 15.6 Å². The van der Waals surface area contributed by atoms with E-state index in [9.17, 15) is 18.6 Å². The molecule has 2 saturated carbocycles. The molecule has 0 bridgehead atoms. The maximum atomic E-state index is 12.0. The number of hydrogen-bond acceptors (Lipinski definition) is 4. The summed E-state index contributed by atoms with van der Waals surface area (Å²) in [5.74, 6) is 3.70. The standard InChI is InChI=1S/C33H54O4S/c1-3-4-21-38(36,37)22-13-11-9-7-5-6-8-10-12-14-25-23-26-24-27(34)15-16-28(26)29-19-20-33(2)30(32(25)29)17-18-31(33)35/h15-16,24-25,29-32,34-35H,3-14,17-23H2,1-2H3/t25-,29-,30+,31+,32-,33+/m1/s1. The van der Waals surface area contributed by atoms with Crippen molar-refractivity contribution in [3.63, 3.8) is 0 Å². The lowest BCUT2D eigenvalue weighted by atomic mass is 9.52. The summed E-state index contributed by atoms with van der Waals surface area (Å²) in [6, 6.07) is 6.09. The van der Waals surface area contributed by atoms with Crippen molar-refractivity contribution in [2.24, 2.45) is 23.2 Å². The maximum Gasteiger partial charge on any atom is 0.150 e. The molecule has 0 saturated heterocycles. The lowest BCUT2D eigenvalue weighted by molar-refractivity contribution is -0.0396. The highest BCUT2D eigenvalue weighted by Crippen LogP contribution is 2.62. The van der Waals surface area contributed by atoms with E-state index in [0.29, 0.717) is 40.9 Å². The van der Waals surface area contributed by atoms with E-state index in [2.05, 4.69) is 13.0 Å². The first-order valence-corrected chi connectivity index (χ1v) is 17.8. The molecule has 0 radical (unpaired) electrons. The highest BCUT2D eigenvalue weighted by molar-refractivity contribution is 7.91. The van der Waals surface area contributed by atoms with Crippen molar-refractivity contribution in [1.82, 2.24) is 0 Å². The quantitative estimate of drug-likeness (QED) is 0.219. The lowest BCUT2D eigenvalue weighted by Crippen LogP contribution is -2.47. The molecule has 4 nitrogen and oxygen atoms in total. The number of benzene rings is 1. The zero-order chi connectivity index (χ0) is 27.2. The summed E-state index contributed by atoms with van der Waals surface area (Å²) in [5, 5.41) is 21.0. The molecule has 3 aliphatic carbocycles. The Morgan fingerprint density at radius 2 is 1.55 bits per heavy atom. The topological polar surface area (TPSA) is 74.6 Å². The Kier molecular flexibility index (Phi) is 10.6. The minimum Gasteiger partial charge on any atom is -0.508 e. The summed E-state index contributed by atoms with van der Waals surface area (Å²) < 4.78 is 23.9. The Labute approximate surface area is 232 Å². The Bertz CT molecular complexity index is 989. The van der Waals surface area contributed by atoms with Crippen LogP contribution in [0, 0.1) is 23.2 Å². The highest BCUT2D eigenvalue weighted by atomic mass is 32.2. The molecule has 2 fully saturated rings. The Morgan fingerprint density at radius 3 is 2.26 bits per heavy atom. The fourth-order valence-corrected chi connectivity index (χ4v) is 10.0. The summed E-state index contributed by atoms with van der Waals surface area (Å²) in [4.78, 5) is 0. The molecule has 0 spiro atoms. The van der Waals surface area contributed by atoms with Crippen LogP contribution in [-0.4, -0.2) is 36.2 Å². The third-order valence-corrected chi connectivity index (χ3v) is 12.5. The van der Waals surface area contributed by atoms with Crippen LogP contribution < -0.4 is 0 Å². The normalized spacial score (nSPS) is 30.6. The maximum absolute atomic E-state index is 12.0. The summed E-state index contributed by atoms with van der Waals surface area (Å²) in [6.45, 7) is 4.40. The minimum atomic E-state index is -2.82. The zero-order valence-corrected chi connectivity index (χ0v) is 25.0. The number of aliphatic hydroxyl groups excluding tert-OH is 1. The molecule has 1 aromatic rings. The van der Waals surface area contributed by atoms with Gasteiger partial charge in [-0.2, -0.15) is 0 Å². The molecule has 0 heterocycles. The van der Waals surface area contributed by atoms with Gasteiger partial charge in [0.25, 0.3) is 0 Å². The van der Waals surface area contributed by atoms with E-state index in [-0.39, 0.29) is 11.5 Å². The third-order valence-electron chi connectivity index (χ3n) is 10.7. The van der Waals surface area contributed by atoms with Crippen molar-refractivity contribution >= 4 is 9.84 Å². The van der Waals surface area contributed by atoms with Gasteiger partial charge in [0, 0.05) is 0 Å². The van der Waals surface area contributed by atoms with Gasteiger partial charge in [0.2, 0.25) is 0 Å². The number of rotatable bonds is 15. The van der Waals surface area contributed by atoms with E-state index >= 15 is 0 Å². The first-order valence-electron chi connectivity index (χ1n) is 16.0. The Hall–Kier alpha value is -1.07. The SMILES string of the molecule is CCCCS(=O)(=O)CCCCCCCCCCC[C@@H]1Cc2cc(O)ccc2[C@H]2CC[C@]3(C)[C@@H](O)CC[C@H]3[C@H]12. The van der Waals surface area contributed by atoms with Crippen LogP contribution in [0.3, 0.4) is 0 Å². The molecule has 0 aliphatic heterocycles. The predicted molar refractivity (Wildman–Crippen MR) is 157 cm³/mol. The molecule has 6 atom stereocenters. The fourth-order valence-electron chi connectivity index (χ4n) is 8.46. The van der Waals surface area contributed by atoms with Crippen LogP contribution in [0.25, 0.3) is 0 Å². The largest absolute Gasteiger partial charge is 0.508 e. The second-order valence-electron chi connectivity index (χ2n) is 13.3. The molecule has 1 aromatic carbocycles. The molecule has 5 heteroatoms. The molecule has 0 unspecified atom stereocenters. The van der Waals surface area contributed by atoms with Gasteiger partial charge in [0.15, 0.2) is 0 Å². The van der Waals surface area contributed by atoms with E-state index in [0.717, 1.165) is 51.4 Å². The minimum absolute atomic E-state index is 0.0908. The molecule has 38 heavy (non-hydrogen) atoms. The van der Waals surface area contributed by atoms with Crippen LogP contribution in [0.4, 0.5) is 0 Å². The molecule has 3 aliphatic rings. The summed E-state index contributed by atoms with van der Waals surface area (Å²) in [5.41, 5.74) is 2.94. The highest BCUT2D eigenvalue weighted by Gasteiger charge is 2.56. The van der Waals surface area contributed by atoms with Crippen molar-refractivity contribution in [1.29, 1.82) is 0 Å². The van der Waals surface area contributed by atoms with Crippen molar-refractivity contribution in [3.8, 4) is 5.75 Å². The molecule has 0 aromatic heterocycles. The van der Waals surface area contributed by atoms with Crippen molar-refractivity contribution in [2.45, 2.75) is 135 Å². The zero-order valence-electron chi connectivity index (χ0n) is 24.2. The molecule has 2 N–H and O–H groups in total. The van der Waals surface area contributed by atoms with E-state index < -0.39 is 9.84 Å². The second kappa shape index (κ2) is 13.5. The number of unbranched alkanes of at least 4 members (excludes halogenated alkanes) is 9. The fraction of sp³-hybridized carbons (Fsp3) is 0.818. The average molecular weight is 547 g/mol. The van der Waals surface area contributed by atoms with Crippen LogP contribution in [0.2, 0.25) is 0 Å². The van der Waals surface area contributed by atoms with Crippen molar-refractivity contribution in [3.05, 3.63) is 29.3 Å². The molecule has 216 valence electrons. The Morgan fingerprint density at radius 1 is 0.895 bits per heavy atom. The summed E-state index contributed by atoms with van der Waals surface area (Å²) in [7, 11) is -2.82. The van der Waals surface area contributed by atoms with Gasteiger partial charge < -0.3 is 10.2 Å². The van der Waals surface area contributed by atoms with Crippen LogP contribution in [0.5, 0.6) is 5.75 Å². The monoisotopic (exact) mass is 546 g/mol. The van der Waals surface area contributed by atoms with Gasteiger partial charge in [0.05, 0.1) is 17.6 Å². The number of phenolic OH excluding ortho intramolecular Hbond substituents is 1. The van der Waals surface area contributed by atoms with Gasteiger partial charge in [-0.05, 0) is 104 Å². The average Bonchev–Trinajstić information content (AvgIpc) is 3.19. The van der Waals surface area contributed by atoms with Gasteiger partial charge in [-0.15, -0.1) is 0 Å². The van der Waals surface area contributed by atoms with Crippen molar-refractivity contribution < 1.29 is 18.6 Å². The third kappa shape index (κ3) is 7.16. The van der Waals surface area contributed by atoms with E-state index in [1.54, 1.807) is 0 Å². The van der Waals surface area contributed by atoms with E-state index in [4.69, 9.17) is 0 Å². The number of fused-ring (bicyclic) bond motifs is 5. The lowest BCUT2D eigenvalue weighted by Gasteiger charge is -2.53. The number of phenols is 1. The molecular weight excluding hydrogens is 492 g/mol. The van der Waals surface area contributed by atoms with E-state index in [1.807, 2.05) is 19.1 Å². The smallest absolute Gasteiger partial charge is 0.150 e.